The number of aromatic nitrogens is 3. The summed E-state index contributed by atoms with van der Waals surface area (Å²) in [5, 5.41) is 6.81. The lowest BCUT2D eigenvalue weighted by molar-refractivity contribution is 0.0964. The zero-order valence-corrected chi connectivity index (χ0v) is 18.2. The molecule has 0 aliphatic heterocycles. The number of nitrogens with one attached hydrogen (secondary N) is 2. The van der Waals surface area contributed by atoms with Gasteiger partial charge < -0.3 is 10.6 Å². The first kappa shape index (κ1) is 21.4. The largest absolute Gasteiger partial charge is 0.369 e. The molecule has 0 saturated carbocycles. The van der Waals surface area contributed by atoms with Crippen LogP contribution < -0.4 is 10.6 Å². The van der Waals surface area contributed by atoms with E-state index >= 15 is 0 Å². The Morgan fingerprint density at radius 3 is 2.72 bits per heavy atom. The molecule has 2 aromatic carbocycles. The van der Waals surface area contributed by atoms with Crippen LogP contribution in [0, 0.1) is 12.7 Å². The number of fused-ring (bicyclic) bond motifs is 1. The number of benzene rings is 2. The molecular weight excluding hydrogens is 405 g/mol. The van der Waals surface area contributed by atoms with Crippen LogP contribution in [0.5, 0.6) is 0 Å². The van der Waals surface area contributed by atoms with Crippen molar-refractivity contribution in [3.63, 3.8) is 0 Å². The van der Waals surface area contributed by atoms with E-state index in [0.29, 0.717) is 29.2 Å². The van der Waals surface area contributed by atoms with Crippen molar-refractivity contribution in [2.75, 3.05) is 18.9 Å². The predicted molar refractivity (Wildman–Crippen MR) is 124 cm³/mol. The van der Waals surface area contributed by atoms with Crippen LogP contribution in [0.4, 0.5) is 10.2 Å². The summed E-state index contributed by atoms with van der Waals surface area (Å²) in [6.07, 6.45) is 3.08. The number of anilines is 1. The molecule has 2 N–H and O–H groups in total. The molecule has 4 aromatic rings. The fraction of sp³-hybridized carbons (Fsp3) is 0.200. The summed E-state index contributed by atoms with van der Waals surface area (Å²) in [4.78, 5) is 25.2. The molecule has 162 valence electrons. The Balaban J connectivity index is 1.56. The van der Waals surface area contributed by atoms with Gasteiger partial charge >= 0.3 is 0 Å². The maximum absolute atomic E-state index is 14.4. The summed E-state index contributed by atoms with van der Waals surface area (Å²) in [5.41, 5.74) is 4.24. The topological polar surface area (TPSA) is 79.8 Å². The summed E-state index contributed by atoms with van der Waals surface area (Å²) < 4.78 is 14.4. The monoisotopic (exact) mass is 429 g/mol. The van der Waals surface area contributed by atoms with E-state index in [1.165, 1.54) is 12.4 Å². The number of carbonyl (C=O) groups is 1. The standard InChI is InChI=1S/C25H24FN5O/c1-15-7-8-20(21(26)11-15)22-12-23(31-14-30-22)29-13-16(2)17-5-4-6-18-19(25(32)27-3)9-10-28-24(17)18/h4-12,14,16H,13H2,1-3H3,(H,27,32)(H,29,30,31)/t16-/m1/s1. The second-order valence-corrected chi connectivity index (χ2v) is 7.73. The van der Waals surface area contributed by atoms with Gasteiger partial charge in [-0.15, -0.1) is 0 Å². The highest BCUT2D eigenvalue weighted by atomic mass is 19.1. The normalized spacial score (nSPS) is 11.9. The van der Waals surface area contributed by atoms with E-state index in [0.717, 1.165) is 22.0 Å². The molecule has 0 aliphatic carbocycles. The van der Waals surface area contributed by atoms with Crippen molar-refractivity contribution in [3.05, 3.63) is 83.6 Å². The van der Waals surface area contributed by atoms with Crippen LogP contribution in [-0.4, -0.2) is 34.5 Å². The molecule has 2 aromatic heterocycles. The SMILES string of the molecule is CNC(=O)c1ccnc2c([C@H](C)CNc3cc(-c4ccc(C)cc4F)ncn3)cccc12. The highest BCUT2D eigenvalue weighted by molar-refractivity contribution is 6.06. The Labute approximate surface area is 186 Å². The number of amides is 1. The minimum absolute atomic E-state index is 0.0839. The van der Waals surface area contributed by atoms with Crippen LogP contribution in [0.25, 0.3) is 22.2 Å². The third-order valence-electron chi connectivity index (χ3n) is 5.46. The van der Waals surface area contributed by atoms with E-state index in [-0.39, 0.29) is 17.6 Å². The van der Waals surface area contributed by atoms with Gasteiger partial charge in [0.2, 0.25) is 0 Å². The number of rotatable bonds is 6. The smallest absolute Gasteiger partial charge is 0.251 e. The Morgan fingerprint density at radius 1 is 1.09 bits per heavy atom. The number of carbonyl (C=O) groups excluding carboxylic acids is 1. The fourth-order valence-electron chi connectivity index (χ4n) is 3.73. The first-order valence-corrected chi connectivity index (χ1v) is 10.4. The second kappa shape index (κ2) is 9.09. The molecular formula is C25H24FN5O. The molecule has 2 heterocycles. The van der Waals surface area contributed by atoms with E-state index in [1.807, 2.05) is 31.2 Å². The van der Waals surface area contributed by atoms with E-state index in [9.17, 15) is 9.18 Å². The van der Waals surface area contributed by atoms with Crippen molar-refractivity contribution in [2.24, 2.45) is 0 Å². The van der Waals surface area contributed by atoms with Crippen LogP contribution >= 0.6 is 0 Å². The summed E-state index contributed by atoms with van der Waals surface area (Å²) in [5.74, 6) is 0.246. The van der Waals surface area contributed by atoms with Crippen LogP contribution in [0.1, 0.15) is 34.3 Å². The molecule has 7 heteroatoms. The molecule has 1 amide bonds. The third-order valence-corrected chi connectivity index (χ3v) is 5.46. The number of nitrogens with zero attached hydrogens (tertiary/aromatic N) is 3. The van der Waals surface area contributed by atoms with Crippen molar-refractivity contribution >= 4 is 22.6 Å². The Bertz CT molecular complexity index is 1290. The maximum atomic E-state index is 14.4. The molecule has 0 spiro atoms. The van der Waals surface area contributed by atoms with Gasteiger partial charge in [-0.3, -0.25) is 9.78 Å². The molecule has 4 rings (SSSR count). The van der Waals surface area contributed by atoms with Gasteiger partial charge in [-0.1, -0.05) is 31.2 Å². The van der Waals surface area contributed by atoms with Crippen molar-refractivity contribution in [1.29, 1.82) is 0 Å². The van der Waals surface area contributed by atoms with Crippen LogP contribution in [-0.2, 0) is 0 Å². The van der Waals surface area contributed by atoms with E-state index in [1.54, 1.807) is 31.4 Å². The van der Waals surface area contributed by atoms with E-state index < -0.39 is 0 Å². The summed E-state index contributed by atoms with van der Waals surface area (Å²) >= 11 is 0. The molecule has 0 radical (unpaired) electrons. The number of pyridine rings is 1. The zero-order valence-electron chi connectivity index (χ0n) is 18.2. The first-order chi connectivity index (χ1) is 15.5. The molecule has 6 nitrogen and oxygen atoms in total. The van der Waals surface area contributed by atoms with Crippen molar-refractivity contribution in [1.82, 2.24) is 20.3 Å². The molecule has 1 atom stereocenters. The van der Waals surface area contributed by atoms with E-state index in [2.05, 4.69) is 32.5 Å². The first-order valence-electron chi connectivity index (χ1n) is 10.4. The average molecular weight is 429 g/mol. The van der Waals surface area contributed by atoms with Gasteiger partial charge in [0.15, 0.2) is 0 Å². The second-order valence-electron chi connectivity index (χ2n) is 7.73. The van der Waals surface area contributed by atoms with Crippen LogP contribution in [0.3, 0.4) is 0 Å². The van der Waals surface area contributed by atoms with Crippen molar-refractivity contribution < 1.29 is 9.18 Å². The number of hydrogen-bond donors (Lipinski definition) is 2. The Hall–Kier alpha value is -3.87. The van der Waals surface area contributed by atoms with E-state index in [4.69, 9.17) is 0 Å². The van der Waals surface area contributed by atoms with Gasteiger partial charge in [0.05, 0.1) is 16.8 Å². The van der Waals surface area contributed by atoms with Gasteiger partial charge in [0.25, 0.3) is 5.91 Å². The highest BCUT2D eigenvalue weighted by Gasteiger charge is 2.15. The lowest BCUT2D eigenvalue weighted by Crippen LogP contribution is -2.18. The predicted octanol–water partition coefficient (Wildman–Crippen LogP) is 4.71. The van der Waals surface area contributed by atoms with Gasteiger partial charge in [0, 0.05) is 42.7 Å². The van der Waals surface area contributed by atoms with Crippen LogP contribution in [0.2, 0.25) is 0 Å². The van der Waals surface area contributed by atoms with Gasteiger partial charge in [-0.25, -0.2) is 14.4 Å². The summed E-state index contributed by atoms with van der Waals surface area (Å²) in [6, 6.07) is 14.4. The zero-order chi connectivity index (χ0) is 22.7. The number of para-hydroxylation sites is 1. The lowest BCUT2D eigenvalue weighted by Gasteiger charge is -2.16. The molecule has 0 saturated heterocycles. The molecule has 32 heavy (non-hydrogen) atoms. The Morgan fingerprint density at radius 2 is 1.94 bits per heavy atom. The Kier molecular flexibility index (Phi) is 6.07. The molecule has 0 unspecified atom stereocenters. The average Bonchev–Trinajstić information content (AvgIpc) is 2.81. The highest BCUT2D eigenvalue weighted by Crippen LogP contribution is 2.27. The molecule has 0 bridgehead atoms. The number of hydrogen-bond acceptors (Lipinski definition) is 5. The number of aryl methyl sites for hydroxylation is 1. The van der Waals surface area contributed by atoms with Gasteiger partial charge in [-0.2, -0.15) is 0 Å². The van der Waals surface area contributed by atoms with Crippen molar-refractivity contribution in [3.8, 4) is 11.3 Å². The van der Waals surface area contributed by atoms with Crippen LogP contribution in [0.15, 0.2) is 61.1 Å². The summed E-state index contributed by atoms with van der Waals surface area (Å²) in [6.45, 7) is 4.51. The quantitative estimate of drug-likeness (QED) is 0.464. The minimum Gasteiger partial charge on any atom is -0.369 e. The maximum Gasteiger partial charge on any atom is 0.251 e. The molecule has 0 aliphatic rings. The third kappa shape index (κ3) is 4.27. The number of halogens is 1. The van der Waals surface area contributed by atoms with Crippen molar-refractivity contribution in [2.45, 2.75) is 19.8 Å². The molecule has 0 fully saturated rings. The summed E-state index contributed by atoms with van der Waals surface area (Å²) in [7, 11) is 1.61. The van der Waals surface area contributed by atoms with Gasteiger partial charge in [0.1, 0.15) is 18.0 Å². The fourth-order valence-corrected chi connectivity index (χ4v) is 3.73. The minimum atomic E-state index is -0.309. The lowest BCUT2D eigenvalue weighted by atomic mass is 9.96. The van der Waals surface area contributed by atoms with Gasteiger partial charge in [-0.05, 0) is 36.2 Å².